The van der Waals surface area contributed by atoms with Crippen molar-refractivity contribution in [2.24, 2.45) is 0 Å². The molecule has 1 heterocycles. The molecule has 0 fully saturated rings. The zero-order chi connectivity index (χ0) is 15.1. The second-order valence-electron chi connectivity index (χ2n) is 5.13. The summed E-state index contributed by atoms with van der Waals surface area (Å²) in [6.07, 6.45) is 3.93. The number of hydrogen-bond donors (Lipinski definition) is 2. The predicted molar refractivity (Wildman–Crippen MR) is 85.1 cm³/mol. The number of nitrogens with zero attached hydrogens (tertiary/aromatic N) is 1. The molecule has 1 aromatic carbocycles. The van der Waals surface area contributed by atoms with Crippen LogP contribution in [-0.2, 0) is 11.3 Å². The number of benzene rings is 1. The van der Waals surface area contributed by atoms with Crippen LogP contribution in [0.1, 0.15) is 23.1 Å². The third-order valence-corrected chi connectivity index (χ3v) is 3.26. The first-order chi connectivity index (χ1) is 10.1. The van der Waals surface area contributed by atoms with Crippen molar-refractivity contribution in [1.82, 2.24) is 10.3 Å². The summed E-state index contributed by atoms with van der Waals surface area (Å²) in [4.78, 5) is 15.8. The highest BCUT2D eigenvalue weighted by Crippen LogP contribution is 2.15. The summed E-state index contributed by atoms with van der Waals surface area (Å²) in [6, 6.07) is 10.1. The van der Waals surface area contributed by atoms with E-state index in [1.54, 1.807) is 12.4 Å². The lowest BCUT2D eigenvalue weighted by atomic mass is 10.1. The van der Waals surface area contributed by atoms with Gasteiger partial charge in [-0.1, -0.05) is 23.8 Å². The molecule has 0 bridgehead atoms. The third-order valence-electron chi connectivity index (χ3n) is 3.26. The standard InChI is InChI=1S/C17H21N3O/c1-13-5-6-16(14(2)10-13)19-9-7-17(21)20-12-15-4-3-8-18-11-15/h3-6,8,10-11,19H,7,9,12H2,1-2H3,(H,20,21). The van der Waals surface area contributed by atoms with Crippen LogP contribution < -0.4 is 10.6 Å². The summed E-state index contributed by atoms with van der Waals surface area (Å²) in [5.74, 6) is 0.0381. The first-order valence-corrected chi connectivity index (χ1v) is 7.12. The summed E-state index contributed by atoms with van der Waals surface area (Å²) in [7, 11) is 0. The summed E-state index contributed by atoms with van der Waals surface area (Å²) in [6.45, 7) is 5.29. The Morgan fingerprint density at radius 2 is 2.10 bits per heavy atom. The minimum Gasteiger partial charge on any atom is -0.384 e. The number of hydrogen-bond acceptors (Lipinski definition) is 3. The second kappa shape index (κ2) is 7.43. The molecule has 0 spiro atoms. The van der Waals surface area contributed by atoms with Gasteiger partial charge in [-0.15, -0.1) is 0 Å². The lowest BCUT2D eigenvalue weighted by Gasteiger charge is -2.10. The van der Waals surface area contributed by atoms with Gasteiger partial charge in [0, 0.05) is 37.6 Å². The zero-order valence-corrected chi connectivity index (χ0v) is 12.5. The first kappa shape index (κ1) is 15.0. The number of nitrogens with one attached hydrogen (secondary N) is 2. The van der Waals surface area contributed by atoms with Gasteiger partial charge < -0.3 is 10.6 Å². The molecule has 2 aromatic rings. The monoisotopic (exact) mass is 283 g/mol. The van der Waals surface area contributed by atoms with Gasteiger partial charge >= 0.3 is 0 Å². The predicted octanol–water partition coefficient (Wildman–Crippen LogP) is 2.82. The zero-order valence-electron chi connectivity index (χ0n) is 12.5. The highest BCUT2D eigenvalue weighted by atomic mass is 16.1. The van der Waals surface area contributed by atoms with Crippen molar-refractivity contribution in [3.05, 3.63) is 59.4 Å². The Kier molecular flexibility index (Phi) is 5.32. The topological polar surface area (TPSA) is 54.0 Å². The van der Waals surface area contributed by atoms with Crippen LogP contribution in [0.2, 0.25) is 0 Å². The Labute approximate surface area is 125 Å². The molecular formula is C17H21N3O. The highest BCUT2D eigenvalue weighted by Gasteiger charge is 2.02. The maximum absolute atomic E-state index is 11.8. The molecule has 0 unspecified atom stereocenters. The summed E-state index contributed by atoms with van der Waals surface area (Å²) in [5, 5.41) is 6.19. The Hall–Kier alpha value is -2.36. The fraction of sp³-hybridized carbons (Fsp3) is 0.294. The number of rotatable bonds is 6. The molecule has 1 amide bonds. The molecule has 0 radical (unpaired) electrons. The molecule has 0 saturated carbocycles. The van der Waals surface area contributed by atoms with E-state index in [1.807, 2.05) is 12.1 Å². The van der Waals surface area contributed by atoms with Gasteiger partial charge in [0.15, 0.2) is 0 Å². The van der Waals surface area contributed by atoms with Gasteiger partial charge in [0.25, 0.3) is 0 Å². The van der Waals surface area contributed by atoms with Crippen LogP contribution in [0.4, 0.5) is 5.69 Å². The van der Waals surface area contributed by atoms with E-state index in [-0.39, 0.29) is 5.91 Å². The summed E-state index contributed by atoms with van der Waals surface area (Å²) < 4.78 is 0. The smallest absolute Gasteiger partial charge is 0.222 e. The number of aryl methyl sites for hydroxylation is 2. The van der Waals surface area contributed by atoms with Crippen LogP contribution in [0, 0.1) is 13.8 Å². The molecule has 0 saturated heterocycles. The van der Waals surface area contributed by atoms with Crippen molar-refractivity contribution in [3.8, 4) is 0 Å². The molecule has 2 N–H and O–H groups in total. The Morgan fingerprint density at radius 1 is 1.24 bits per heavy atom. The van der Waals surface area contributed by atoms with E-state index in [9.17, 15) is 4.79 Å². The number of carbonyl (C=O) groups is 1. The molecule has 0 aliphatic carbocycles. The van der Waals surface area contributed by atoms with Crippen LogP contribution in [0.5, 0.6) is 0 Å². The molecule has 4 nitrogen and oxygen atoms in total. The Balaban J connectivity index is 1.72. The van der Waals surface area contributed by atoms with Crippen molar-refractivity contribution in [2.75, 3.05) is 11.9 Å². The van der Waals surface area contributed by atoms with E-state index in [1.165, 1.54) is 11.1 Å². The molecule has 0 atom stereocenters. The largest absolute Gasteiger partial charge is 0.384 e. The number of pyridine rings is 1. The molecule has 1 aromatic heterocycles. The molecule has 21 heavy (non-hydrogen) atoms. The first-order valence-electron chi connectivity index (χ1n) is 7.12. The van der Waals surface area contributed by atoms with Crippen LogP contribution in [0.15, 0.2) is 42.7 Å². The van der Waals surface area contributed by atoms with Crippen LogP contribution in [-0.4, -0.2) is 17.4 Å². The van der Waals surface area contributed by atoms with Crippen LogP contribution in [0.3, 0.4) is 0 Å². The quantitative estimate of drug-likeness (QED) is 0.857. The summed E-state index contributed by atoms with van der Waals surface area (Å²) in [5.41, 5.74) is 4.53. The molecule has 4 heteroatoms. The van der Waals surface area contributed by atoms with Gasteiger partial charge in [-0.3, -0.25) is 9.78 Å². The van der Waals surface area contributed by atoms with Crippen molar-refractivity contribution in [3.63, 3.8) is 0 Å². The number of carbonyl (C=O) groups excluding carboxylic acids is 1. The average Bonchev–Trinajstić information content (AvgIpc) is 2.48. The van der Waals surface area contributed by atoms with Gasteiger partial charge in [-0.2, -0.15) is 0 Å². The van der Waals surface area contributed by atoms with Gasteiger partial charge in [0.1, 0.15) is 0 Å². The van der Waals surface area contributed by atoms with Crippen molar-refractivity contribution < 1.29 is 4.79 Å². The Bertz CT molecular complexity index is 596. The fourth-order valence-corrected chi connectivity index (χ4v) is 2.11. The van der Waals surface area contributed by atoms with E-state index in [4.69, 9.17) is 0 Å². The number of amides is 1. The molecule has 110 valence electrons. The van der Waals surface area contributed by atoms with Gasteiger partial charge in [0.05, 0.1) is 0 Å². The van der Waals surface area contributed by atoms with Gasteiger partial charge in [0.2, 0.25) is 5.91 Å². The van der Waals surface area contributed by atoms with Crippen molar-refractivity contribution >= 4 is 11.6 Å². The maximum atomic E-state index is 11.8. The van der Waals surface area contributed by atoms with Gasteiger partial charge in [-0.25, -0.2) is 0 Å². The van der Waals surface area contributed by atoms with E-state index >= 15 is 0 Å². The molecule has 2 rings (SSSR count). The third kappa shape index (κ3) is 4.91. The fourth-order valence-electron chi connectivity index (χ4n) is 2.11. The maximum Gasteiger partial charge on any atom is 0.222 e. The van der Waals surface area contributed by atoms with E-state index in [2.05, 4.69) is 47.7 Å². The molecule has 0 aliphatic rings. The second-order valence-corrected chi connectivity index (χ2v) is 5.13. The number of anilines is 1. The van der Waals surface area contributed by atoms with E-state index in [0.717, 1.165) is 11.3 Å². The van der Waals surface area contributed by atoms with Gasteiger partial charge in [-0.05, 0) is 37.1 Å². The molecular weight excluding hydrogens is 262 g/mol. The minimum absolute atomic E-state index is 0.0381. The minimum atomic E-state index is 0.0381. The van der Waals surface area contributed by atoms with Crippen LogP contribution in [0.25, 0.3) is 0 Å². The lowest BCUT2D eigenvalue weighted by molar-refractivity contribution is -0.121. The Morgan fingerprint density at radius 3 is 2.81 bits per heavy atom. The van der Waals surface area contributed by atoms with E-state index in [0.29, 0.717) is 19.5 Å². The molecule has 0 aliphatic heterocycles. The normalized spacial score (nSPS) is 10.2. The highest BCUT2D eigenvalue weighted by molar-refractivity contribution is 5.76. The van der Waals surface area contributed by atoms with Crippen LogP contribution >= 0.6 is 0 Å². The number of aromatic nitrogens is 1. The SMILES string of the molecule is Cc1ccc(NCCC(=O)NCc2cccnc2)c(C)c1. The average molecular weight is 283 g/mol. The van der Waals surface area contributed by atoms with Crippen molar-refractivity contribution in [2.45, 2.75) is 26.8 Å². The van der Waals surface area contributed by atoms with Crippen molar-refractivity contribution in [1.29, 1.82) is 0 Å². The summed E-state index contributed by atoms with van der Waals surface area (Å²) >= 11 is 0. The van der Waals surface area contributed by atoms with E-state index < -0.39 is 0 Å². The lowest BCUT2D eigenvalue weighted by Crippen LogP contribution is -2.25.